The summed E-state index contributed by atoms with van der Waals surface area (Å²) >= 11 is 18.2. The molecule has 0 aliphatic heterocycles. The third-order valence-corrected chi connectivity index (χ3v) is 6.48. The van der Waals surface area contributed by atoms with Crippen molar-refractivity contribution in [2.75, 3.05) is 14.2 Å². The first-order valence-electron chi connectivity index (χ1n) is 10.4. The first kappa shape index (κ1) is 23.7. The quantitative estimate of drug-likeness (QED) is 0.238. The van der Waals surface area contributed by atoms with Gasteiger partial charge in [0, 0.05) is 42.1 Å². The van der Waals surface area contributed by atoms with Crippen LogP contribution < -0.4 is 9.47 Å². The van der Waals surface area contributed by atoms with Crippen LogP contribution in [0, 0.1) is 5.82 Å². The van der Waals surface area contributed by atoms with Gasteiger partial charge in [-0.25, -0.2) is 14.4 Å². The van der Waals surface area contributed by atoms with Gasteiger partial charge in [-0.3, -0.25) is 0 Å². The Hall–Kier alpha value is -3.04. The largest absolute Gasteiger partial charge is 0.493 e. The number of pyridine rings is 1. The maximum atomic E-state index is 15.3. The van der Waals surface area contributed by atoms with Gasteiger partial charge in [-0.1, -0.05) is 34.8 Å². The molecule has 0 amide bonds. The molecule has 11 heteroatoms. The maximum Gasteiger partial charge on any atom is 0.164 e. The van der Waals surface area contributed by atoms with Gasteiger partial charge < -0.3 is 24.2 Å². The number of imidazole rings is 1. The number of halogens is 4. The van der Waals surface area contributed by atoms with E-state index in [0.29, 0.717) is 48.9 Å². The Morgan fingerprint density at radius 2 is 1.80 bits per heavy atom. The molecule has 0 saturated heterocycles. The zero-order chi connectivity index (χ0) is 24.7. The number of benzene rings is 2. The summed E-state index contributed by atoms with van der Waals surface area (Å²) in [5.41, 5.74) is 2.93. The molecule has 7 nitrogen and oxygen atoms in total. The molecule has 0 aliphatic rings. The fourth-order valence-electron chi connectivity index (χ4n) is 3.93. The van der Waals surface area contributed by atoms with Crippen LogP contribution in [0.2, 0.25) is 15.1 Å². The van der Waals surface area contributed by atoms with E-state index in [1.165, 1.54) is 26.5 Å². The lowest BCUT2D eigenvalue weighted by Crippen LogP contribution is -2.08. The van der Waals surface area contributed by atoms with Crippen molar-refractivity contribution in [3.05, 3.63) is 80.6 Å². The van der Waals surface area contributed by atoms with E-state index >= 15 is 4.39 Å². The van der Waals surface area contributed by atoms with Crippen LogP contribution in [-0.2, 0) is 11.3 Å². The van der Waals surface area contributed by atoms with Gasteiger partial charge in [0.25, 0.3) is 0 Å². The topological polar surface area (TPSA) is 85.1 Å². The molecule has 2 N–H and O–H groups in total. The van der Waals surface area contributed by atoms with Crippen molar-refractivity contribution < 1.29 is 18.6 Å². The highest BCUT2D eigenvalue weighted by atomic mass is 35.5. The van der Waals surface area contributed by atoms with Gasteiger partial charge in [0.1, 0.15) is 30.0 Å². The van der Waals surface area contributed by atoms with Crippen LogP contribution >= 0.6 is 34.8 Å². The van der Waals surface area contributed by atoms with Crippen molar-refractivity contribution in [2.24, 2.45) is 0 Å². The molecule has 5 aromatic rings. The van der Waals surface area contributed by atoms with Gasteiger partial charge in [0.15, 0.2) is 11.5 Å². The number of fused-ring (bicyclic) bond motifs is 2. The first-order valence-corrected chi connectivity index (χ1v) is 11.5. The summed E-state index contributed by atoms with van der Waals surface area (Å²) in [7, 11) is 2.98. The minimum atomic E-state index is -0.739. The van der Waals surface area contributed by atoms with Gasteiger partial charge in [0.05, 0.1) is 33.2 Å². The van der Waals surface area contributed by atoms with Crippen molar-refractivity contribution in [1.82, 2.24) is 19.9 Å². The Kier molecular flexibility index (Phi) is 6.46. The zero-order valence-corrected chi connectivity index (χ0v) is 20.7. The van der Waals surface area contributed by atoms with Crippen molar-refractivity contribution >= 4 is 56.9 Å². The maximum absolute atomic E-state index is 15.3. The fourth-order valence-corrected chi connectivity index (χ4v) is 4.41. The van der Waals surface area contributed by atoms with Crippen molar-refractivity contribution in [2.45, 2.75) is 12.7 Å². The molecule has 2 aromatic carbocycles. The van der Waals surface area contributed by atoms with Gasteiger partial charge in [-0.15, -0.1) is 0 Å². The summed E-state index contributed by atoms with van der Waals surface area (Å²) in [4.78, 5) is 14.9. The number of aromatic nitrogens is 4. The average Bonchev–Trinajstić information content (AvgIpc) is 3.43. The monoisotopic (exact) mass is 534 g/mol. The van der Waals surface area contributed by atoms with Crippen molar-refractivity contribution in [3.8, 4) is 11.5 Å². The number of methoxy groups -OCH3 is 2. The van der Waals surface area contributed by atoms with Crippen LogP contribution in [0.4, 0.5) is 4.39 Å². The normalized spacial score (nSPS) is 12.4. The van der Waals surface area contributed by atoms with E-state index in [0.717, 1.165) is 5.39 Å². The number of aromatic amines is 2. The highest BCUT2D eigenvalue weighted by Gasteiger charge is 2.24. The number of rotatable bonds is 7. The van der Waals surface area contributed by atoms with E-state index in [-0.39, 0.29) is 17.9 Å². The molecule has 1 atom stereocenters. The predicted molar refractivity (Wildman–Crippen MR) is 133 cm³/mol. The number of ether oxygens (including phenoxy) is 3. The number of nitrogens with zero attached hydrogens (tertiary/aromatic N) is 2. The van der Waals surface area contributed by atoms with Crippen LogP contribution in [0.5, 0.6) is 11.5 Å². The third-order valence-electron chi connectivity index (χ3n) is 5.55. The van der Waals surface area contributed by atoms with Crippen molar-refractivity contribution in [3.63, 3.8) is 0 Å². The van der Waals surface area contributed by atoms with Gasteiger partial charge >= 0.3 is 0 Å². The Morgan fingerprint density at radius 1 is 1.00 bits per heavy atom. The lowest BCUT2D eigenvalue weighted by Gasteiger charge is -2.19. The van der Waals surface area contributed by atoms with E-state index in [1.54, 1.807) is 30.5 Å². The van der Waals surface area contributed by atoms with E-state index < -0.39 is 11.9 Å². The number of H-pyrrole nitrogens is 2. The third kappa shape index (κ3) is 4.50. The van der Waals surface area contributed by atoms with E-state index in [2.05, 4.69) is 19.9 Å². The molecule has 0 spiro atoms. The minimum Gasteiger partial charge on any atom is -0.493 e. The van der Waals surface area contributed by atoms with E-state index in [1.807, 2.05) is 0 Å². The highest BCUT2D eigenvalue weighted by Crippen LogP contribution is 2.38. The molecule has 180 valence electrons. The molecule has 1 unspecified atom stereocenters. The molecule has 3 aromatic heterocycles. The van der Waals surface area contributed by atoms with Crippen LogP contribution in [0.15, 0.2) is 42.7 Å². The second-order valence-corrected chi connectivity index (χ2v) is 8.94. The van der Waals surface area contributed by atoms with Crippen LogP contribution in [0.25, 0.3) is 22.1 Å². The zero-order valence-electron chi connectivity index (χ0n) is 18.5. The summed E-state index contributed by atoms with van der Waals surface area (Å²) in [5, 5.41) is 2.01. The minimum absolute atomic E-state index is 0.0411. The number of hydrogen-bond donors (Lipinski definition) is 2. The van der Waals surface area contributed by atoms with Crippen LogP contribution in [0.1, 0.15) is 23.1 Å². The summed E-state index contributed by atoms with van der Waals surface area (Å²) in [5.74, 6) is 0.536. The first-order chi connectivity index (χ1) is 16.9. The van der Waals surface area contributed by atoms with E-state index in [9.17, 15) is 0 Å². The molecular formula is C24H18Cl3FN4O3. The van der Waals surface area contributed by atoms with E-state index in [4.69, 9.17) is 49.0 Å². The Labute approximate surface area is 214 Å². The standard InChI is InChI=1S/C24H18Cl3FN4O3/c1-33-20-4-13(23(34-2)14-9-30-24-12(14)3-11(25)8-29-24)17(28)7-21(20)35-10-22-31-18-5-15(26)16(27)6-19(18)32-22/h3-9,23H,10H2,1-2H3,(H,29,30)(H,31,32). The van der Waals surface area contributed by atoms with Crippen LogP contribution in [-0.4, -0.2) is 34.2 Å². The lowest BCUT2D eigenvalue weighted by atomic mass is 10.00. The molecule has 0 radical (unpaired) electrons. The van der Waals surface area contributed by atoms with Gasteiger partial charge in [-0.2, -0.15) is 0 Å². The lowest BCUT2D eigenvalue weighted by molar-refractivity contribution is 0.133. The Morgan fingerprint density at radius 3 is 2.57 bits per heavy atom. The number of hydrogen-bond acceptors (Lipinski definition) is 5. The summed E-state index contributed by atoms with van der Waals surface area (Å²) in [6.07, 6.45) is 2.52. The molecule has 0 aliphatic carbocycles. The van der Waals surface area contributed by atoms with Gasteiger partial charge in [-0.05, 0) is 24.3 Å². The fraction of sp³-hybridized carbons (Fsp3) is 0.167. The average molecular weight is 536 g/mol. The molecule has 0 saturated carbocycles. The number of nitrogens with one attached hydrogen (secondary N) is 2. The molecule has 3 heterocycles. The SMILES string of the molecule is COc1cc(C(OC)c2c[nH]c3ncc(Cl)cc23)c(F)cc1OCc1nc2cc(Cl)c(Cl)cc2[nH]1. The van der Waals surface area contributed by atoms with Crippen LogP contribution in [0.3, 0.4) is 0 Å². The second kappa shape index (κ2) is 9.54. The highest BCUT2D eigenvalue weighted by molar-refractivity contribution is 6.42. The smallest absolute Gasteiger partial charge is 0.164 e. The molecule has 0 bridgehead atoms. The molecule has 5 rings (SSSR count). The molecular weight excluding hydrogens is 518 g/mol. The van der Waals surface area contributed by atoms with Crippen molar-refractivity contribution in [1.29, 1.82) is 0 Å². The van der Waals surface area contributed by atoms with Gasteiger partial charge in [0.2, 0.25) is 0 Å². The molecule has 0 fully saturated rings. The summed E-state index contributed by atoms with van der Waals surface area (Å²) in [6.45, 7) is 0.0411. The summed E-state index contributed by atoms with van der Waals surface area (Å²) < 4.78 is 32.3. The predicted octanol–water partition coefficient (Wildman–Crippen LogP) is 6.86. The Balaban J connectivity index is 1.45. The Bertz CT molecular complexity index is 1510. The summed E-state index contributed by atoms with van der Waals surface area (Å²) in [6, 6.07) is 7.90. The second-order valence-electron chi connectivity index (χ2n) is 7.69. The molecule has 35 heavy (non-hydrogen) atoms.